The third-order valence-electron chi connectivity index (χ3n) is 6.78. The van der Waals surface area contributed by atoms with E-state index in [1.165, 1.54) is 27.8 Å². The zero-order valence-corrected chi connectivity index (χ0v) is 17.7. The number of carbonyl (C=O) groups is 1. The Hall–Kier alpha value is -3.69. The van der Waals surface area contributed by atoms with E-state index in [2.05, 4.69) is 102 Å². The van der Waals surface area contributed by atoms with Crippen LogP contribution < -0.4 is 0 Å². The fraction of sp³-hybridized carbons (Fsp3) is 0.138. The van der Waals surface area contributed by atoms with Crippen LogP contribution in [0.15, 0.2) is 103 Å². The highest BCUT2D eigenvalue weighted by Gasteiger charge is 2.44. The number of hydrogen-bond donors (Lipinski definition) is 0. The van der Waals surface area contributed by atoms with E-state index in [1.54, 1.807) is 0 Å². The molecule has 0 atom stereocenters. The van der Waals surface area contributed by atoms with E-state index in [4.69, 9.17) is 4.74 Å². The first-order valence-electron chi connectivity index (χ1n) is 11.0. The van der Waals surface area contributed by atoms with Crippen LogP contribution in [-0.2, 0) is 30.0 Å². The Labute approximate surface area is 187 Å². The van der Waals surface area contributed by atoms with Crippen LogP contribution >= 0.6 is 0 Å². The molecule has 2 heterocycles. The number of benzene rings is 4. The zero-order chi connectivity index (χ0) is 21.5. The number of esters is 1. The van der Waals surface area contributed by atoms with Gasteiger partial charge in [-0.15, -0.1) is 0 Å². The van der Waals surface area contributed by atoms with E-state index in [-0.39, 0.29) is 5.97 Å². The molecule has 0 aliphatic carbocycles. The molecule has 6 rings (SSSR count). The molecule has 0 bridgehead atoms. The van der Waals surface area contributed by atoms with Gasteiger partial charge in [0.05, 0.1) is 11.1 Å². The molecule has 0 unspecified atom stereocenters. The van der Waals surface area contributed by atoms with Crippen molar-refractivity contribution in [3.05, 3.63) is 142 Å². The van der Waals surface area contributed by atoms with Crippen molar-refractivity contribution in [2.45, 2.75) is 25.2 Å². The molecule has 3 nitrogen and oxygen atoms in total. The normalized spacial score (nSPS) is 15.3. The monoisotopic (exact) mass is 417 g/mol. The summed E-state index contributed by atoms with van der Waals surface area (Å²) in [7, 11) is 0. The van der Waals surface area contributed by atoms with Gasteiger partial charge in [0.2, 0.25) is 0 Å². The molecule has 0 fully saturated rings. The quantitative estimate of drug-likeness (QED) is 0.317. The van der Waals surface area contributed by atoms with E-state index in [1.807, 2.05) is 6.07 Å². The summed E-state index contributed by atoms with van der Waals surface area (Å²) >= 11 is 0. The van der Waals surface area contributed by atoms with E-state index >= 15 is 0 Å². The Balaban J connectivity index is 1.57. The van der Waals surface area contributed by atoms with E-state index in [0.717, 1.165) is 24.2 Å². The Bertz CT molecular complexity index is 1190. The van der Waals surface area contributed by atoms with Gasteiger partial charge >= 0.3 is 5.97 Å². The van der Waals surface area contributed by atoms with Crippen LogP contribution in [0, 0.1) is 0 Å². The minimum absolute atomic E-state index is 0.207. The molecule has 0 saturated carbocycles. The van der Waals surface area contributed by atoms with E-state index < -0.39 is 5.54 Å². The number of nitrogens with zero attached hydrogens (tertiary/aromatic N) is 1. The summed E-state index contributed by atoms with van der Waals surface area (Å²) in [5, 5.41) is 0. The third-order valence-corrected chi connectivity index (χ3v) is 6.78. The molecular formula is C29H23NO2. The van der Waals surface area contributed by atoms with Crippen LogP contribution in [0.3, 0.4) is 0 Å². The second-order valence-electron chi connectivity index (χ2n) is 8.52. The number of hydrogen-bond acceptors (Lipinski definition) is 3. The maximum atomic E-state index is 12.2. The van der Waals surface area contributed by atoms with Crippen molar-refractivity contribution in [1.82, 2.24) is 4.90 Å². The maximum Gasteiger partial charge on any atom is 0.338 e. The molecular weight excluding hydrogens is 394 g/mol. The molecule has 2 aliphatic heterocycles. The number of ether oxygens (including phenoxy) is 1. The van der Waals surface area contributed by atoms with Crippen molar-refractivity contribution in [2.75, 3.05) is 0 Å². The highest BCUT2D eigenvalue weighted by molar-refractivity contribution is 5.93. The molecule has 32 heavy (non-hydrogen) atoms. The molecule has 0 aromatic heterocycles. The van der Waals surface area contributed by atoms with Crippen molar-refractivity contribution >= 4 is 5.97 Å². The Morgan fingerprint density at radius 1 is 0.625 bits per heavy atom. The van der Waals surface area contributed by atoms with Gasteiger partial charge in [0, 0.05) is 18.7 Å². The molecule has 0 N–H and O–H groups in total. The van der Waals surface area contributed by atoms with Crippen molar-refractivity contribution < 1.29 is 9.53 Å². The zero-order valence-electron chi connectivity index (χ0n) is 17.7. The molecule has 0 amide bonds. The average molecular weight is 418 g/mol. The van der Waals surface area contributed by atoms with Crippen LogP contribution in [0.25, 0.3) is 0 Å². The lowest BCUT2D eigenvalue weighted by molar-refractivity contribution is 0.0535. The molecule has 0 spiro atoms. The van der Waals surface area contributed by atoms with Gasteiger partial charge in [-0.25, -0.2) is 4.79 Å². The second kappa shape index (κ2) is 7.47. The fourth-order valence-electron chi connectivity index (χ4n) is 5.36. The third kappa shape index (κ3) is 2.82. The lowest BCUT2D eigenvalue weighted by Crippen LogP contribution is -2.45. The summed E-state index contributed by atoms with van der Waals surface area (Å²) in [4.78, 5) is 14.7. The van der Waals surface area contributed by atoms with Crippen molar-refractivity contribution in [3.63, 3.8) is 0 Å². The predicted molar refractivity (Wildman–Crippen MR) is 124 cm³/mol. The maximum absolute atomic E-state index is 12.2. The van der Waals surface area contributed by atoms with Gasteiger partial charge < -0.3 is 4.74 Å². The minimum atomic E-state index is -0.451. The lowest BCUT2D eigenvalue weighted by atomic mass is 9.75. The van der Waals surface area contributed by atoms with Gasteiger partial charge in [0.1, 0.15) is 6.61 Å². The number of rotatable bonds is 4. The average Bonchev–Trinajstić information content (AvgIpc) is 3.43. The van der Waals surface area contributed by atoms with Crippen LogP contribution in [0.1, 0.15) is 43.7 Å². The molecule has 156 valence electrons. The molecule has 4 aromatic rings. The second-order valence-corrected chi connectivity index (χ2v) is 8.52. The first-order chi connectivity index (χ1) is 15.8. The summed E-state index contributed by atoms with van der Waals surface area (Å²) in [5.74, 6) is -0.207. The van der Waals surface area contributed by atoms with Gasteiger partial charge in [0.25, 0.3) is 0 Å². The summed E-state index contributed by atoms with van der Waals surface area (Å²) in [5.41, 5.74) is 7.44. The van der Waals surface area contributed by atoms with Crippen molar-refractivity contribution in [2.24, 2.45) is 0 Å². The Morgan fingerprint density at radius 2 is 1.09 bits per heavy atom. The summed E-state index contributed by atoms with van der Waals surface area (Å²) in [6, 6.07) is 36.4. The van der Waals surface area contributed by atoms with Crippen molar-refractivity contribution in [3.8, 4) is 0 Å². The van der Waals surface area contributed by atoms with Crippen LogP contribution in [0.4, 0.5) is 0 Å². The minimum Gasteiger partial charge on any atom is -0.457 e. The van der Waals surface area contributed by atoms with Crippen LogP contribution in [0.5, 0.6) is 0 Å². The SMILES string of the molecule is O=C1OCc2cc3c(cc21)CN(C(c1ccccc1)(c1ccccc1)c1ccccc1)C3. The van der Waals surface area contributed by atoms with E-state index in [0.29, 0.717) is 6.61 Å². The summed E-state index contributed by atoms with van der Waals surface area (Å²) in [6.07, 6.45) is 0. The summed E-state index contributed by atoms with van der Waals surface area (Å²) < 4.78 is 5.25. The first kappa shape index (κ1) is 19.0. The Kier molecular flexibility index (Phi) is 4.44. The van der Waals surface area contributed by atoms with Crippen molar-refractivity contribution in [1.29, 1.82) is 0 Å². The molecule has 2 aliphatic rings. The number of fused-ring (bicyclic) bond motifs is 2. The number of cyclic esters (lactones) is 1. The number of carbonyl (C=O) groups excluding carboxylic acids is 1. The van der Waals surface area contributed by atoms with Gasteiger partial charge in [-0.1, -0.05) is 91.0 Å². The predicted octanol–water partition coefficient (Wildman–Crippen LogP) is 5.66. The molecule has 4 aromatic carbocycles. The topological polar surface area (TPSA) is 29.5 Å². The lowest BCUT2D eigenvalue weighted by Gasteiger charge is -2.43. The highest BCUT2D eigenvalue weighted by Crippen LogP contribution is 2.46. The fourth-order valence-corrected chi connectivity index (χ4v) is 5.36. The van der Waals surface area contributed by atoms with Gasteiger partial charge in [-0.05, 0) is 39.9 Å². The molecule has 0 saturated heterocycles. The van der Waals surface area contributed by atoms with Crippen LogP contribution in [-0.4, -0.2) is 10.9 Å². The summed E-state index contributed by atoms with van der Waals surface area (Å²) in [6.45, 7) is 1.94. The largest absolute Gasteiger partial charge is 0.457 e. The van der Waals surface area contributed by atoms with Crippen LogP contribution in [0.2, 0.25) is 0 Å². The first-order valence-corrected chi connectivity index (χ1v) is 11.0. The van der Waals surface area contributed by atoms with E-state index in [9.17, 15) is 4.79 Å². The van der Waals surface area contributed by atoms with Gasteiger partial charge in [-0.3, -0.25) is 4.90 Å². The standard InChI is InChI=1S/C29H23NO2/c31-28-27-17-22-19-30(18-21(22)16-23(27)20-32-28)29(24-10-4-1-5-11-24,25-12-6-2-7-13-25)26-14-8-3-9-15-26/h1-17H,18-20H2. The van der Waals surface area contributed by atoms with Gasteiger partial charge in [-0.2, -0.15) is 0 Å². The molecule has 0 radical (unpaired) electrons. The van der Waals surface area contributed by atoms with Gasteiger partial charge in [0.15, 0.2) is 0 Å². The Morgan fingerprint density at radius 3 is 1.59 bits per heavy atom. The smallest absolute Gasteiger partial charge is 0.338 e. The highest BCUT2D eigenvalue weighted by atomic mass is 16.5. The molecule has 3 heteroatoms.